The van der Waals surface area contributed by atoms with Crippen LogP contribution in [0, 0.1) is 5.41 Å². The number of rotatable bonds is 3. The summed E-state index contributed by atoms with van der Waals surface area (Å²) in [6.07, 6.45) is 5.70. The Morgan fingerprint density at radius 2 is 2.06 bits per heavy atom. The summed E-state index contributed by atoms with van der Waals surface area (Å²) >= 11 is 0. The van der Waals surface area contributed by atoms with E-state index in [0.717, 1.165) is 25.7 Å². The molecule has 0 unspecified atom stereocenters. The lowest BCUT2D eigenvalue weighted by Gasteiger charge is -2.34. The van der Waals surface area contributed by atoms with E-state index in [-0.39, 0.29) is 17.4 Å². The molecule has 0 bridgehead atoms. The lowest BCUT2D eigenvalue weighted by atomic mass is 9.76. The molecule has 5 nitrogen and oxygen atoms in total. The van der Waals surface area contributed by atoms with Gasteiger partial charge in [-0.25, -0.2) is 4.98 Å². The van der Waals surface area contributed by atoms with E-state index in [1.807, 2.05) is 0 Å². The highest BCUT2D eigenvalue weighted by Gasteiger charge is 2.28. The zero-order chi connectivity index (χ0) is 13.2. The second kappa shape index (κ2) is 5.00. The fourth-order valence-electron chi connectivity index (χ4n) is 2.28. The Balaban J connectivity index is 2.07. The maximum Gasteiger partial charge on any atom is 0.297 e. The van der Waals surface area contributed by atoms with E-state index >= 15 is 0 Å². The summed E-state index contributed by atoms with van der Waals surface area (Å²) in [4.78, 5) is 18.0. The molecule has 1 heterocycles. The van der Waals surface area contributed by atoms with Crippen LogP contribution in [0.1, 0.15) is 39.5 Å². The molecule has 0 aromatic carbocycles. The summed E-state index contributed by atoms with van der Waals surface area (Å²) in [6, 6.07) is 0. The van der Waals surface area contributed by atoms with Crippen LogP contribution in [0.4, 0.5) is 0 Å². The standard InChI is InChI=1S/C13H20N2O3/c1-13(2)6-4-9(5-7-13)18-12-10(17-3)11(16)14-8-15-12/h8-9H,4-7H2,1-3H3,(H,14,15,16). The highest BCUT2D eigenvalue weighted by Crippen LogP contribution is 2.36. The van der Waals surface area contributed by atoms with Crippen LogP contribution in [-0.2, 0) is 0 Å². The molecule has 2 rings (SSSR count). The Bertz CT molecular complexity index is 458. The van der Waals surface area contributed by atoms with Crippen molar-refractivity contribution in [3.05, 3.63) is 16.7 Å². The van der Waals surface area contributed by atoms with Crippen molar-refractivity contribution < 1.29 is 9.47 Å². The lowest BCUT2D eigenvalue weighted by Crippen LogP contribution is -2.29. The van der Waals surface area contributed by atoms with Crippen LogP contribution in [0.3, 0.4) is 0 Å². The van der Waals surface area contributed by atoms with E-state index in [9.17, 15) is 4.79 Å². The number of aromatic amines is 1. The molecule has 100 valence electrons. The summed E-state index contributed by atoms with van der Waals surface area (Å²) in [5.74, 6) is 0.452. The smallest absolute Gasteiger partial charge is 0.297 e. The van der Waals surface area contributed by atoms with Crippen LogP contribution >= 0.6 is 0 Å². The molecule has 1 aromatic heterocycles. The predicted molar refractivity (Wildman–Crippen MR) is 68.1 cm³/mol. The molecule has 1 N–H and O–H groups in total. The van der Waals surface area contributed by atoms with Crippen molar-refractivity contribution in [3.8, 4) is 11.6 Å². The maximum atomic E-state index is 11.5. The second-order valence-corrected chi connectivity index (χ2v) is 5.55. The van der Waals surface area contributed by atoms with Crippen LogP contribution in [0.2, 0.25) is 0 Å². The molecule has 0 radical (unpaired) electrons. The van der Waals surface area contributed by atoms with Gasteiger partial charge in [-0.3, -0.25) is 4.79 Å². The normalized spacial score (nSPS) is 19.5. The maximum absolute atomic E-state index is 11.5. The number of methoxy groups -OCH3 is 1. The molecule has 0 aliphatic heterocycles. The molecule has 1 aliphatic rings. The molecule has 0 amide bonds. The topological polar surface area (TPSA) is 64.2 Å². The molecule has 1 saturated carbocycles. The van der Waals surface area contributed by atoms with Gasteiger partial charge in [0.1, 0.15) is 6.10 Å². The van der Waals surface area contributed by atoms with Crippen LogP contribution in [0.15, 0.2) is 11.1 Å². The second-order valence-electron chi connectivity index (χ2n) is 5.55. The van der Waals surface area contributed by atoms with E-state index in [1.54, 1.807) is 0 Å². The summed E-state index contributed by atoms with van der Waals surface area (Å²) < 4.78 is 10.8. The molecule has 18 heavy (non-hydrogen) atoms. The molecule has 0 saturated heterocycles. The van der Waals surface area contributed by atoms with E-state index in [4.69, 9.17) is 9.47 Å². The number of aromatic nitrogens is 2. The molecular formula is C13H20N2O3. The average molecular weight is 252 g/mol. The number of H-pyrrole nitrogens is 1. The van der Waals surface area contributed by atoms with Crippen LogP contribution in [-0.4, -0.2) is 23.2 Å². The quantitative estimate of drug-likeness (QED) is 0.895. The van der Waals surface area contributed by atoms with Gasteiger partial charge in [0.05, 0.1) is 13.4 Å². The third-order valence-electron chi connectivity index (χ3n) is 3.55. The van der Waals surface area contributed by atoms with Crippen molar-refractivity contribution in [2.45, 2.75) is 45.6 Å². The predicted octanol–water partition coefficient (Wildman–Crippen LogP) is 2.13. The van der Waals surface area contributed by atoms with E-state index in [1.165, 1.54) is 13.4 Å². The number of ether oxygens (including phenoxy) is 2. The van der Waals surface area contributed by atoms with E-state index < -0.39 is 0 Å². The molecular weight excluding hydrogens is 232 g/mol. The van der Waals surface area contributed by atoms with Gasteiger partial charge in [-0.1, -0.05) is 13.8 Å². The van der Waals surface area contributed by atoms with Gasteiger partial charge in [0.15, 0.2) is 0 Å². The lowest BCUT2D eigenvalue weighted by molar-refractivity contribution is 0.0916. The van der Waals surface area contributed by atoms with Gasteiger partial charge in [0.25, 0.3) is 11.4 Å². The molecule has 5 heteroatoms. The fraction of sp³-hybridized carbons (Fsp3) is 0.692. The Morgan fingerprint density at radius 1 is 1.39 bits per heavy atom. The first-order valence-corrected chi connectivity index (χ1v) is 6.30. The van der Waals surface area contributed by atoms with E-state index in [0.29, 0.717) is 11.3 Å². The first-order valence-electron chi connectivity index (χ1n) is 6.30. The van der Waals surface area contributed by atoms with Crippen LogP contribution in [0.5, 0.6) is 11.6 Å². The Labute approximate surface area is 107 Å². The summed E-state index contributed by atoms with van der Waals surface area (Å²) in [6.45, 7) is 4.55. The number of hydrogen-bond acceptors (Lipinski definition) is 4. The number of nitrogens with one attached hydrogen (secondary N) is 1. The van der Waals surface area contributed by atoms with Gasteiger partial charge in [0.2, 0.25) is 5.75 Å². The third-order valence-corrected chi connectivity index (χ3v) is 3.55. The fourth-order valence-corrected chi connectivity index (χ4v) is 2.28. The monoisotopic (exact) mass is 252 g/mol. The van der Waals surface area contributed by atoms with E-state index in [2.05, 4.69) is 23.8 Å². The molecule has 1 fully saturated rings. The zero-order valence-corrected chi connectivity index (χ0v) is 11.2. The van der Waals surface area contributed by atoms with Gasteiger partial charge in [-0.15, -0.1) is 0 Å². The minimum atomic E-state index is -0.307. The SMILES string of the molecule is COc1c(OC2CCC(C)(C)CC2)nc[nH]c1=O. The zero-order valence-electron chi connectivity index (χ0n) is 11.2. The molecule has 1 aliphatic carbocycles. The number of nitrogens with zero attached hydrogens (tertiary/aromatic N) is 1. The molecule has 0 spiro atoms. The van der Waals surface area contributed by atoms with Crippen molar-refractivity contribution >= 4 is 0 Å². The minimum Gasteiger partial charge on any atom is -0.487 e. The highest BCUT2D eigenvalue weighted by molar-refractivity contribution is 5.29. The highest BCUT2D eigenvalue weighted by atomic mass is 16.5. The average Bonchev–Trinajstić information content (AvgIpc) is 2.32. The minimum absolute atomic E-state index is 0.126. The summed E-state index contributed by atoms with van der Waals surface area (Å²) in [5.41, 5.74) is 0.0876. The van der Waals surface area contributed by atoms with Crippen molar-refractivity contribution in [2.75, 3.05) is 7.11 Å². The first kappa shape index (κ1) is 12.9. The van der Waals surface area contributed by atoms with Crippen molar-refractivity contribution in [1.82, 2.24) is 9.97 Å². The van der Waals surface area contributed by atoms with Crippen molar-refractivity contribution in [2.24, 2.45) is 5.41 Å². The van der Waals surface area contributed by atoms with Gasteiger partial charge < -0.3 is 14.5 Å². The van der Waals surface area contributed by atoms with Gasteiger partial charge in [-0.05, 0) is 31.1 Å². The Hall–Kier alpha value is -1.52. The van der Waals surface area contributed by atoms with Crippen molar-refractivity contribution in [3.63, 3.8) is 0 Å². The Kier molecular flexibility index (Phi) is 3.59. The van der Waals surface area contributed by atoms with Crippen LogP contribution < -0.4 is 15.0 Å². The Morgan fingerprint density at radius 3 is 2.67 bits per heavy atom. The molecule has 0 atom stereocenters. The third kappa shape index (κ3) is 2.83. The van der Waals surface area contributed by atoms with Crippen LogP contribution in [0.25, 0.3) is 0 Å². The van der Waals surface area contributed by atoms with Gasteiger partial charge >= 0.3 is 0 Å². The van der Waals surface area contributed by atoms with Gasteiger partial charge in [0, 0.05) is 0 Å². The first-order chi connectivity index (χ1) is 8.52. The van der Waals surface area contributed by atoms with Crippen molar-refractivity contribution in [1.29, 1.82) is 0 Å². The summed E-state index contributed by atoms with van der Waals surface area (Å²) in [5, 5.41) is 0. The summed E-state index contributed by atoms with van der Waals surface area (Å²) in [7, 11) is 1.45. The largest absolute Gasteiger partial charge is 0.487 e. The number of hydrogen-bond donors (Lipinski definition) is 1. The van der Waals surface area contributed by atoms with Gasteiger partial charge in [-0.2, -0.15) is 0 Å². The molecule has 1 aromatic rings.